The number of halogens is 2. The highest BCUT2D eigenvalue weighted by molar-refractivity contribution is 9.10. The van der Waals surface area contributed by atoms with E-state index in [4.69, 9.17) is 0 Å². The van der Waals surface area contributed by atoms with Gasteiger partial charge in [-0.15, -0.1) is 0 Å². The fraction of sp³-hybridized carbons (Fsp3) is 0.667. The first-order valence-corrected chi connectivity index (χ1v) is 8.95. The quantitative estimate of drug-likeness (QED) is 0.790. The van der Waals surface area contributed by atoms with Crippen LogP contribution in [0.1, 0.15) is 45.1 Å². The van der Waals surface area contributed by atoms with E-state index in [1.54, 1.807) is 6.07 Å². The molecule has 21 heavy (non-hydrogen) atoms. The molecule has 116 valence electrons. The molecule has 2 saturated carbocycles. The minimum Gasteiger partial charge on any atom is -0.314 e. The number of benzene rings is 1. The molecule has 1 aromatic carbocycles. The monoisotopic (exact) mass is 353 g/mol. The lowest BCUT2D eigenvalue weighted by molar-refractivity contribution is 0.152. The second-order valence-corrected chi connectivity index (χ2v) is 8.24. The molecule has 2 aliphatic rings. The summed E-state index contributed by atoms with van der Waals surface area (Å²) in [7, 11) is 0. The van der Waals surface area contributed by atoms with Crippen LogP contribution in [0.2, 0.25) is 0 Å². The highest BCUT2D eigenvalue weighted by Gasteiger charge is 2.50. The van der Waals surface area contributed by atoms with E-state index in [2.05, 4.69) is 35.1 Å². The van der Waals surface area contributed by atoms with Gasteiger partial charge in [-0.25, -0.2) is 4.39 Å². The van der Waals surface area contributed by atoms with Crippen LogP contribution in [-0.4, -0.2) is 12.6 Å². The third-order valence-electron chi connectivity index (χ3n) is 5.52. The van der Waals surface area contributed by atoms with Crippen LogP contribution in [0.3, 0.4) is 0 Å². The van der Waals surface area contributed by atoms with Crippen molar-refractivity contribution < 1.29 is 4.39 Å². The van der Waals surface area contributed by atoms with E-state index < -0.39 is 0 Å². The summed E-state index contributed by atoms with van der Waals surface area (Å²) in [5, 5.41) is 3.66. The van der Waals surface area contributed by atoms with E-state index in [1.165, 1.54) is 31.7 Å². The molecule has 3 rings (SSSR count). The van der Waals surface area contributed by atoms with Crippen LogP contribution in [0.25, 0.3) is 0 Å². The maximum absolute atomic E-state index is 13.6. The van der Waals surface area contributed by atoms with Crippen LogP contribution in [-0.2, 0) is 6.42 Å². The molecular weight excluding hydrogens is 329 g/mol. The summed E-state index contributed by atoms with van der Waals surface area (Å²) in [5.74, 6) is 1.59. The lowest BCUT2D eigenvalue weighted by Crippen LogP contribution is -2.42. The first-order valence-electron chi connectivity index (χ1n) is 8.16. The van der Waals surface area contributed by atoms with Crippen molar-refractivity contribution in [1.29, 1.82) is 0 Å². The predicted molar refractivity (Wildman–Crippen MR) is 88.8 cm³/mol. The first-order chi connectivity index (χ1) is 9.98. The number of hydrogen-bond acceptors (Lipinski definition) is 1. The lowest BCUT2D eigenvalue weighted by atomic mass is 9.69. The topological polar surface area (TPSA) is 12.0 Å². The van der Waals surface area contributed by atoms with Gasteiger partial charge >= 0.3 is 0 Å². The number of hydrogen-bond donors (Lipinski definition) is 1. The SMILES string of the molecule is CC(C)NCC1(Cc2cc(F)ccc2Br)CC2CCC1C2. The highest BCUT2D eigenvalue weighted by atomic mass is 79.9. The molecule has 0 aliphatic heterocycles. The van der Waals surface area contributed by atoms with Gasteiger partial charge in [0, 0.05) is 17.1 Å². The summed E-state index contributed by atoms with van der Waals surface area (Å²) < 4.78 is 14.7. The standard InChI is InChI=1S/C18H25BrFN/c1-12(2)21-11-18(9-13-3-4-15(18)7-13)10-14-8-16(20)5-6-17(14)19/h5-6,8,12-13,15,21H,3-4,7,9-11H2,1-2H3. The summed E-state index contributed by atoms with van der Waals surface area (Å²) in [4.78, 5) is 0. The molecule has 0 saturated heterocycles. The zero-order chi connectivity index (χ0) is 15.0. The van der Waals surface area contributed by atoms with Gasteiger partial charge in [-0.1, -0.05) is 36.2 Å². The van der Waals surface area contributed by atoms with Crippen molar-refractivity contribution in [3.05, 3.63) is 34.1 Å². The second kappa shape index (κ2) is 6.00. The molecule has 0 spiro atoms. The van der Waals surface area contributed by atoms with Gasteiger partial charge < -0.3 is 5.32 Å². The van der Waals surface area contributed by atoms with Crippen LogP contribution in [0, 0.1) is 23.1 Å². The van der Waals surface area contributed by atoms with Crippen molar-refractivity contribution in [2.45, 2.75) is 52.0 Å². The Bertz CT molecular complexity index is 516. The number of nitrogens with one attached hydrogen (secondary N) is 1. The zero-order valence-electron chi connectivity index (χ0n) is 13.0. The lowest BCUT2D eigenvalue weighted by Gasteiger charge is -2.39. The Balaban J connectivity index is 1.84. The molecule has 0 amide bonds. The average molecular weight is 354 g/mol. The Morgan fingerprint density at radius 3 is 2.81 bits per heavy atom. The molecule has 3 atom stereocenters. The van der Waals surface area contributed by atoms with Gasteiger partial charge in [-0.3, -0.25) is 0 Å². The van der Waals surface area contributed by atoms with Crippen LogP contribution in [0.4, 0.5) is 4.39 Å². The highest BCUT2D eigenvalue weighted by Crippen LogP contribution is 2.57. The molecule has 0 heterocycles. The number of rotatable bonds is 5. The predicted octanol–water partition coefficient (Wildman–Crippen LogP) is 4.94. The summed E-state index contributed by atoms with van der Waals surface area (Å²) in [5.41, 5.74) is 1.46. The normalized spacial score (nSPS) is 31.3. The minimum absolute atomic E-state index is 0.122. The third-order valence-corrected chi connectivity index (χ3v) is 6.29. The first kappa shape index (κ1) is 15.5. The van der Waals surface area contributed by atoms with Crippen molar-refractivity contribution in [2.24, 2.45) is 17.3 Å². The maximum Gasteiger partial charge on any atom is 0.123 e. The van der Waals surface area contributed by atoms with Crippen molar-refractivity contribution >= 4 is 15.9 Å². The molecule has 2 aliphatic carbocycles. The van der Waals surface area contributed by atoms with E-state index in [9.17, 15) is 4.39 Å². The molecule has 2 bridgehead atoms. The molecule has 0 aromatic heterocycles. The van der Waals surface area contributed by atoms with E-state index in [-0.39, 0.29) is 5.82 Å². The fourth-order valence-electron chi connectivity index (χ4n) is 4.52. The maximum atomic E-state index is 13.6. The smallest absolute Gasteiger partial charge is 0.123 e. The summed E-state index contributed by atoms with van der Waals surface area (Å²) in [6.45, 7) is 5.48. The van der Waals surface area contributed by atoms with E-state index in [1.807, 2.05) is 6.07 Å². The molecule has 1 nitrogen and oxygen atoms in total. The molecule has 2 fully saturated rings. The molecule has 0 radical (unpaired) electrons. The van der Waals surface area contributed by atoms with Crippen molar-refractivity contribution in [1.82, 2.24) is 5.32 Å². The average Bonchev–Trinajstić information content (AvgIpc) is 3.02. The Hall–Kier alpha value is -0.410. The van der Waals surface area contributed by atoms with Gasteiger partial charge in [0.05, 0.1) is 0 Å². The van der Waals surface area contributed by atoms with Crippen LogP contribution < -0.4 is 5.32 Å². The van der Waals surface area contributed by atoms with Crippen LogP contribution >= 0.6 is 15.9 Å². The van der Waals surface area contributed by atoms with Gasteiger partial charge in [0.25, 0.3) is 0 Å². The van der Waals surface area contributed by atoms with Gasteiger partial charge in [0.1, 0.15) is 5.82 Å². The molecular formula is C18H25BrFN. The van der Waals surface area contributed by atoms with E-state index in [0.29, 0.717) is 11.5 Å². The minimum atomic E-state index is -0.122. The van der Waals surface area contributed by atoms with Gasteiger partial charge in [-0.2, -0.15) is 0 Å². The van der Waals surface area contributed by atoms with Crippen molar-refractivity contribution in [2.75, 3.05) is 6.54 Å². The Kier molecular flexibility index (Phi) is 4.42. The van der Waals surface area contributed by atoms with Crippen molar-refractivity contribution in [3.8, 4) is 0 Å². The number of fused-ring (bicyclic) bond motifs is 2. The van der Waals surface area contributed by atoms with Gasteiger partial charge in [0.2, 0.25) is 0 Å². The van der Waals surface area contributed by atoms with E-state index >= 15 is 0 Å². The van der Waals surface area contributed by atoms with Crippen molar-refractivity contribution in [3.63, 3.8) is 0 Å². The molecule has 3 heteroatoms. The van der Waals surface area contributed by atoms with Gasteiger partial charge in [0.15, 0.2) is 0 Å². The zero-order valence-corrected chi connectivity index (χ0v) is 14.5. The molecule has 3 unspecified atom stereocenters. The summed E-state index contributed by atoms with van der Waals surface area (Å²) >= 11 is 3.61. The largest absolute Gasteiger partial charge is 0.314 e. The summed E-state index contributed by atoms with van der Waals surface area (Å²) in [6.07, 6.45) is 6.44. The second-order valence-electron chi connectivity index (χ2n) is 7.39. The van der Waals surface area contributed by atoms with Gasteiger partial charge in [-0.05, 0) is 66.7 Å². The van der Waals surface area contributed by atoms with Crippen LogP contribution in [0.5, 0.6) is 0 Å². The Morgan fingerprint density at radius 1 is 1.38 bits per heavy atom. The molecule has 1 aromatic rings. The van der Waals surface area contributed by atoms with Crippen LogP contribution in [0.15, 0.2) is 22.7 Å². The Labute approximate surface area is 135 Å². The van der Waals surface area contributed by atoms with E-state index in [0.717, 1.165) is 34.8 Å². The third kappa shape index (κ3) is 3.19. The summed E-state index contributed by atoms with van der Waals surface area (Å²) in [6, 6.07) is 5.61. The molecule has 1 N–H and O–H groups in total. The Morgan fingerprint density at radius 2 is 2.19 bits per heavy atom. The fourth-order valence-corrected chi connectivity index (χ4v) is 4.91.